The molecule has 5 heteroatoms. The van der Waals surface area contributed by atoms with Gasteiger partial charge >= 0.3 is 0 Å². The molecule has 0 spiro atoms. The summed E-state index contributed by atoms with van der Waals surface area (Å²) >= 11 is 1.48. The molecule has 0 aliphatic carbocycles. The third-order valence-corrected chi connectivity index (χ3v) is 4.71. The Balaban J connectivity index is 1.84. The normalized spacial score (nSPS) is 12.9. The molecule has 3 rings (SSSR count). The van der Waals surface area contributed by atoms with Crippen molar-refractivity contribution in [3.05, 3.63) is 46.8 Å². The van der Waals surface area contributed by atoms with Gasteiger partial charge in [-0.05, 0) is 30.2 Å². The van der Waals surface area contributed by atoms with Crippen molar-refractivity contribution in [1.82, 2.24) is 4.90 Å². The molecule has 21 heavy (non-hydrogen) atoms. The molecule has 0 unspecified atom stereocenters. The van der Waals surface area contributed by atoms with Gasteiger partial charge in [0.05, 0.1) is 15.9 Å². The molecule has 1 aliphatic heterocycles. The number of nitriles is 1. The van der Waals surface area contributed by atoms with Crippen LogP contribution in [-0.2, 0) is 6.42 Å². The summed E-state index contributed by atoms with van der Waals surface area (Å²) in [6.07, 6.45) is 1.03. The molecule has 0 radical (unpaired) electrons. The standard InChI is InChI=1S/C16H15N3OS/c1-18(11-9-17)16(20)14-6-7-15(21-14)19-10-8-12-4-2-3-5-13(12)19/h2-7H,8,10-11H2,1H3. The predicted molar refractivity (Wildman–Crippen MR) is 84.0 cm³/mol. The Kier molecular flexibility index (Phi) is 3.63. The summed E-state index contributed by atoms with van der Waals surface area (Å²) in [5, 5.41) is 9.75. The molecular formula is C16H15N3OS. The SMILES string of the molecule is CN(CC#N)C(=O)c1ccc(N2CCc3ccccc32)s1. The average molecular weight is 297 g/mol. The van der Waals surface area contributed by atoms with Gasteiger partial charge in [-0.3, -0.25) is 4.79 Å². The molecule has 0 saturated heterocycles. The number of para-hydroxylation sites is 1. The van der Waals surface area contributed by atoms with E-state index >= 15 is 0 Å². The first-order valence-electron chi connectivity index (χ1n) is 6.78. The number of rotatable bonds is 3. The lowest BCUT2D eigenvalue weighted by molar-refractivity contribution is 0.0816. The van der Waals surface area contributed by atoms with Crippen molar-refractivity contribution in [2.75, 3.05) is 25.0 Å². The number of anilines is 2. The van der Waals surface area contributed by atoms with E-state index in [2.05, 4.69) is 23.1 Å². The van der Waals surface area contributed by atoms with Gasteiger partial charge in [-0.15, -0.1) is 11.3 Å². The number of thiophene rings is 1. The lowest BCUT2D eigenvalue weighted by Gasteiger charge is -2.17. The molecule has 2 heterocycles. The summed E-state index contributed by atoms with van der Waals surface area (Å²) in [5.74, 6) is -0.0970. The Labute approximate surface area is 127 Å². The van der Waals surface area contributed by atoms with Crippen molar-refractivity contribution in [2.45, 2.75) is 6.42 Å². The maximum Gasteiger partial charge on any atom is 0.264 e. The minimum absolute atomic E-state index is 0.0970. The molecule has 106 valence electrons. The van der Waals surface area contributed by atoms with Gasteiger partial charge < -0.3 is 9.80 Å². The molecule has 0 fully saturated rings. The predicted octanol–water partition coefficient (Wildman–Crippen LogP) is 3.04. The van der Waals surface area contributed by atoms with E-state index in [0.29, 0.717) is 4.88 Å². The highest BCUT2D eigenvalue weighted by atomic mass is 32.1. The number of carbonyl (C=O) groups is 1. The van der Waals surface area contributed by atoms with E-state index in [1.807, 2.05) is 24.3 Å². The molecule has 0 atom stereocenters. The van der Waals surface area contributed by atoms with Gasteiger partial charge in [0, 0.05) is 19.3 Å². The van der Waals surface area contributed by atoms with Crippen molar-refractivity contribution in [3.8, 4) is 6.07 Å². The van der Waals surface area contributed by atoms with E-state index in [-0.39, 0.29) is 12.5 Å². The Morgan fingerprint density at radius 3 is 3.00 bits per heavy atom. The number of amides is 1. The smallest absolute Gasteiger partial charge is 0.264 e. The van der Waals surface area contributed by atoms with Crippen LogP contribution >= 0.6 is 11.3 Å². The van der Waals surface area contributed by atoms with E-state index in [0.717, 1.165) is 18.0 Å². The third kappa shape index (κ3) is 2.50. The Morgan fingerprint density at radius 1 is 1.38 bits per heavy atom. The highest BCUT2D eigenvalue weighted by molar-refractivity contribution is 7.18. The van der Waals surface area contributed by atoms with Crippen molar-refractivity contribution in [2.24, 2.45) is 0 Å². The Morgan fingerprint density at radius 2 is 2.19 bits per heavy atom. The molecule has 0 bridgehead atoms. The monoisotopic (exact) mass is 297 g/mol. The molecule has 1 amide bonds. The fourth-order valence-corrected chi connectivity index (χ4v) is 3.56. The summed E-state index contributed by atoms with van der Waals surface area (Å²) in [4.78, 5) is 16.5. The van der Waals surface area contributed by atoms with Crippen molar-refractivity contribution in [1.29, 1.82) is 5.26 Å². The van der Waals surface area contributed by atoms with Crippen LogP contribution in [0.1, 0.15) is 15.2 Å². The van der Waals surface area contributed by atoms with Crippen LogP contribution in [0.5, 0.6) is 0 Å². The summed E-state index contributed by atoms with van der Waals surface area (Å²) in [6, 6.07) is 14.2. The number of carbonyl (C=O) groups excluding carboxylic acids is 1. The summed E-state index contributed by atoms with van der Waals surface area (Å²) in [6.45, 7) is 1.06. The number of benzene rings is 1. The molecule has 1 aromatic carbocycles. The summed E-state index contributed by atoms with van der Waals surface area (Å²) in [5.41, 5.74) is 2.57. The number of hydrogen-bond donors (Lipinski definition) is 0. The van der Waals surface area contributed by atoms with E-state index in [1.54, 1.807) is 7.05 Å². The molecule has 4 nitrogen and oxygen atoms in total. The van der Waals surface area contributed by atoms with Crippen LogP contribution in [0.3, 0.4) is 0 Å². The fraction of sp³-hybridized carbons (Fsp3) is 0.250. The molecule has 2 aromatic rings. The highest BCUT2D eigenvalue weighted by Crippen LogP contribution is 2.38. The van der Waals surface area contributed by atoms with Crippen LogP contribution in [0.4, 0.5) is 10.7 Å². The second-order valence-corrected chi connectivity index (χ2v) is 6.05. The number of fused-ring (bicyclic) bond motifs is 1. The van der Waals surface area contributed by atoms with E-state index in [9.17, 15) is 4.79 Å². The number of hydrogen-bond acceptors (Lipinski definition) is 4. The fourth-order valence-electron chi connectivity index (χ4n) is 2.52. The van der Waals surface area contributed by atoms with Gasteiger partial charge in [0.2, 0.25) is 0 Å². The molecule has 0 saturated carbocycles. The van der Waals surface area contributed by atoms with E-state index in [4.69, 9.17) is 5.26 Å². The first-order chi connectivity index (χ1) is 10.2. The van der Waals surface area contributed by atoms with Crippen LogP contribution in [0.25, 0.3) is 0 Å². The maximum absolute atomic E-state index is 12.2. The van der Waals surface area contributed by atoms with Crippen LogP contribution < -0.4 is 4.90 Å². The first-order valence-corrected chi connectivity index (χ1v) is 7.60. The van der Waals surface area contributed by atoms with Crippen molar-refractivity contribution >= 4 is 27.9 Å². The van der Waals surface area contributed by atoms with Gasteiger partial charge in [-0.25, -0.2) is 0 Å². The Bertz CT molecular complexity index is 716. The zero-order valence-electron chi connectivity index (χ0n) is 11.7. The zero-order chi connectivity index (χ0) is 14.8. The summed E-state index contributed by atoms with van der Waals surface area (Å²) in [7, 11) is 1.65. The van der Waals surface area contributed by atoms with Crippen LogP contribution in [0, 0.1) is 11.3 Å². The quantitative estimate of drug-likeness (QED) is 0.818. The van der Waals surface area contributed by atoms with Crippen LogP contribution in [-0.4, -0.2) is 30.9 Å². The zero-order valence-corrected chi connectivity index (χ0v) is 12.6. The summed E-state index contributed by atoms with van der Waals surface area (Å²) < 4.78 is 0. The number of nitrogens with zero attached hydrogens (tertiary/aromatic N) is 3. The second-order valence-electron chi connectivity index (χ2n) is 4.99. The van der Waals surface area contributed by atoms with Crippen molar-refractivity contribution < 1.29 is 4.79 Å². The lowest BCUT2D eigenvalue weighted by Crippen LogP contribution is -2.26. The van der Waals surface area contributed by atoms with Gasteiger partial charge in [0.15, 0.2) is 0 Å². The second kappa shape index (κ2) is 5.58. The minimum Gasteiger partial charge on any atom is -0.333 e. The van der Waals surface area contributed by atoms with Gasteiger partial charge in [0.1, 0.15) is 6.54 Å². The van der Waals surface area contributed by atoms with Gasteiger partial charge in [-0.2, -0.15) is 5.26 Å². The van der Waals surface area contributed by atoms with Gasteiger partial charge in [0.25, 0.3) is 5.91 Å². The molecule has 0 N–H and O–H groups in total. The van der Waals surface area contributed by atoms with Gasteiger partial charge in [-0.1, -0.05) is 18.2 Å². The minimum atomic E-state index is -0.0970. The van der Waals surface area contributed by atoms with Crippen molar-refractivity contribution in [3.63, 3.8) is 0 Å². The Hall–Kier alpha value is -2.32. The first kappa shape index (κ1) is 13.7. The maximum atomic E-state index is 12.2. The lowest BCUT2D eigenvalue weighted by atomic mass is 10.2. The molecule has 1 aromatic heterocycles. The molecular weight excluding hydrogens is 282 g/mol. The largest absolute Gasteiger partial charge is 0.333 e. The van der Waals surface area contributed by atoms with Crippen LogP contribution in [0.2, 0.25) is 0 Å². The topological polar surface area (TPSA) is 47.3 Å². The average Bonchev–Trinajstić information content (AvgIpc) is 3.13. The van der Waals surface area contributed by atoms with E-state index < -0.39 is 0 Å². The van der Waals surface area contributed by atoms with E-state index in [1.165, 1.54) is 27.5 Å². The van der Waals surface area contributed by atoms with Crippen LogP contribution in [0.15, 0.2) is 36.4 Å². The highest BCUT2D eigenvalue weighted by Gasteiger charge is 2.22. The molecule has 1 aliphatic rings. The third-order valence-electron chi connectivity index (χ3n) is 3.61.